The first-order valence-electron chi connectivity index (χ1n) is 4.68. The molecule has 6 heteroatoms. The molecule has 4 N–H and O–H groups in total. The molecule has 1 amide bonds. The number of nitrogens with one attached hydrogen (secondary N) is 1. The zero-order valence-electron chi connectivity index (χ0n) is 8.73. The van der Waals surface area contributed by atoms with Crippen LogP contribution in [0.1, 0.15) is 35.4 Å². The summed E-state index contributed by atoms with van der Waals surface area (Å²) in [7, 11) is 0. The van der Waals surface area contributed by atoms with Crippen LogP contribution in [-0.4, -0.2) is 28.6 Å². The monoisotopic (exact) mass is 229 g/mol. The van der Waals surface area contributed by atoms with Gasteiger partial charge in [0.15, 0.2) is 0 Å². The van der Waals surface area contributed by atoms with Crippen LogP contribution >= 0.6 is 11.3 Å². The Kier molecular flexibility index (Phi) is 4.19. The van der Waals surface area contributed by atoms with Crippen LogP contribution in [0.4, 0.5) is 0 Å². The van der Waals surface area contributed by atoms with Gasteiger partial charge < -0.3 is 16.2 Å². The maximum Gasteiger partial charge on any atom is 0.270 e. The number of nitrogens with zero attached hydrogens (tertiary/aromatic N) is 1. The van der Waals surface area contributed by atoms with Crippen molar-refractivity contribution in [3.63, 3.8) is 0 Å². The summed E-state index contributed by atoms with van der Waals surface area (Å²) in [6, 6.07) is -0.159. The van der Waals surface area contributed by atoms with Gasteiger partial charge in [0.1, 0.15) is 10.7 Å². The van der Waals surface area contributed by atoms with Crippen molar-refractivity contribution in [2.24, 2.45) is 5.73 Å². The summed E-state index contributed by atoms with van der Waals surface area (Å²) in [6.45, 7) is 3.65. The van der Waals surface area contributed by atoms with Gasteiger partial charge >= 0.3 is 0 Å². The Labute approximate surface area is 92.3 Å². The molecule has 84 valence electrons. The second-order valence-corrected chi connectivity index (χ2v) is 4.31. The molecule has 1 rings (SSSR count). The first-order chi connectivity index (χ1) is 7.00. The minimum absolute atomic E-state index is 0.159. The molecule has 2 atom stereocenters. The standard InChI is InChI=1S/C9H15N3O2S/c1-5(13)3-11-8(14)7-4-15-9(12-7)6(2)10/h4-6,13H,3,10H2,1-2H3,(H,11,14). The van der Waals surface area contributed by atoms with Crippen molar-refractivity contribution in [1.82, 2.24) is 10.3 Å². The van der Waals surface area contributed by atoms with Gasteiger partial charge in [0.2, 0.25) is 0 Å². The second kappa shape index (κ2) is 5.20. The average molecular weight is 229 g/mol. The highest BCUT2D eigenvalue weighted by Crippen LogP contribution is 2.15. The van der Waals surface area contributed by atoms with Crippen molar-refractivity contribution >= 4 is 17.2 Å². The number of hydrogen-bond donors (Lipinski definition) is 3. The molecule has 1 heterocycles. The summed E-state index contributed by atoms with van der Waals surface area (Å²) in [5, 5.41) is 14.0. The van der Waals surface area contributed by atoms with Crippen LogP contribution in [0, 0.1) is 0 Å². The number of thiazole rings is 1. The van der Waals surface area contributed by atoms with Crippen LogP contribution in [0.3, 0.4) is 0 Å². The number of aromatic nitrogens is 1. The number of hydrogen-bond acceptors (Lipinski definition) is 5. The molecule has 0 aromatic carbocycles. The molecule has 0 spiro atoms. The van der Waals surface area contributed by atoms with Gasteiger partial charge in [-0.05, 0) is 13.8 Å². The predicted molar refractivity (Wildman–Crippen MR) is 58.7 cm³/mol. The molecule has 0 saturated carbocycles. The van der Waals surface area contributed by atoms with Gasteiger partial charge in [-0.1, -0.05) is 0 Å². The molecule has 15 heavy (non-hydrogen) atoms. The number of carbonyl (C=O) groups is 1. The second-order valence-electron chi connectivity index (χ2n) is 3.42. The smallest absolute Gasteiger partial charge is 0.270 e. The summed E-state index contributed by atoms with van der Waals surface area (Å²) in [5.74, 6) is -0.279. The number of aliphatic hydroxyl groups excluding tert-OH is 1. The lowest BCUT2D eigenvalue weighted by atomic mass is 10.3. The van der Waals surface area contributed by atoms with Crippen LogP contribution in [0.5, 0.6) is 0 Å². The van der Waals surface area contributed by atoms with E-state index in [4.69, 9.17) is 10.8 Å². The first kappa shape index (κ1) is 12.1. The van der Waals surface area contributed by atoms with E-state index in [0.29, 0.717) is 5.69 Å². The Morgan fingerprint density at radius 3 is 2.87 bits per heavy atom. The van der Waals surface area contributed by atoms with Crippen LogP contribution in [0.2, 0.25) is 0 Å². The van der Waals surface area contributed by atoms with Gasteiger partial charge in [0.25, 0.3) is 5.91 Å². The maximum atomic E-state index is 11.5. The van der Waals surface area contributed by atoms with Gasteiger partial charge in [0.05, 0.1) is 12.1 Å². The molecule has 1 aromatic rings. The highest BCUT2D eigenvalue weighted by molar-refractivity contribution is 7.09. The van der Waals surface area contributed by atoms with Crippen LogP contribution in [-0.2, 0) is 0 Å². The summed E-state index contributed by atoms with van der Waals surface area (Å²) >= 11 is 1.36. The number of amides is 1. The third-order valence-electron chi connectivity index (χ3n) is 1.70. The molecule has 0 fully saturated rings. The lowest BCUT2D eigenvalue weighted by Crippen LogP contribution is -2.30. The Balaban J connectivity index is 2.58. The lowest BCUT2D eigenvalue weighted by molar-refractivity contribution is 0.0919. The van der Waals surface area contributed by atoms with Crippen LogP contribution in [0.25, 0.3) is 0 Å². The molecule has 1 aromatic heterocycles. The Bertz CT molecular complexity index is 336. The molecular weight excluding hydrogens is 214 g/mol. The van der Waals surface area contributed by atoms with E-state index in [1.54, 1.807) is 12.3 Å². The van der Waals surface area contributed by atoms with Gasteiger partial charge in [-0.3, -0.25) is 4.79 Å². The van der Waals surface area contributed by atoms with Crippen molar-refractivity contribution in [2.45, 2.75) is 26.0 Å². The summed E-state index contributed by atoms with van der Waals surface area (Å²) < 4.78 is 0. The topological polar surface area (TPSA) is 88.2 Å². The van der Waals surface area contributed by atoms with Gasteiger partial charge in [-0.15, -0.1) is 11.3 Å². The van der Waals surface area contributed by atoms with E-state index in [-0.39, 0.29) is 18.5 Å². The zero-order chi connectivity index (χ0) is 11.4. The first-order valence-corrected chi connectivity index (χ1v) is 5.56. The fourth-order valence-corrected chi connectivity index (χ4v) is 1.69. The SMILES string of the molecule is CC(O)CNC(=O)c1csc(C(C)N)n1. The molecule has 0 aliphatic carbocycles. The van der Waals surface area contributed by atoms with Crippen molar-refractivity contribution < 1.29 is 9.90 Å². The number of aliphatic hydroxyl groups is 1. The van der Waals surface area contributed by atoms with Crippen molar-refractivity contribution in [2.75, 3.05) is 6.54 Å². The number of carbonyl (C=O) groups excluding carboxylic acids is 1. The Morgan fingerprint density at radius 1 is 1.73 bits per heavy atom. The van der Waals surface area contributed by atoms with E-state index in [1.807, 2.05) is 6.92 Å². The fraction of sp³-hybridized carbons (Fsp3) is 0.556. The average Bonchev–Trinajstić information content (AvgIpc) is 2.62. The van der Waals surface area contributed by atoms with Crippen molar-refractivity contribution in [3.05, 3.63) is 16.1 Å². The highest BCUT2D eigenvalue weighted by Gasteiger charge is 2.12. The Morgan fingerprint density at radius 2 is 2.40 bits per heavy atom. The Hall–Kier alpha value is -0.980. The van der Waals surface area contributed by atoms with Gasteiger partial charge in [-0.25, -0.2) is 4.98 Å². The van der Waals surface area contributed by atoms with E-state index in [2.05, 4.69) is 10.3 Å². The molecule has 0 aliphatic heterocycles. The van der Waals surface area contributed by atoms with E-state index in [1.165, 1.54) is 11.3 Å². The normalized spacial score (nSPS) is 14.7. The van der Waals surface area contributed by atoms with E-state index >= 15 is 0 Å². The quantitative estimate of drug-likeness (QED) is 0.691. The summed E-state index contributed by atoms with van der Waals surface area (Å²) in [6.07, 6.45) is -0.555. The van der Waals surface area contributed by atoms with Crippen molar-refractivity contribution in [3.8, 4) is 0 Å². The van der Waals surface area contributed by atoms with Gasteiger partial charge in [-0.2, -0.15) is 0 Å². The predicted octanol–water partition coefficient (Wildman–Crippen LogP) is 0.273. The lowest BCUT2D eigenvalue weighted by Gasteiger charge is -2.04. The molecule has 2 unspecified atom stereocenters. The van der Waals surface area contributed by atoms with Crippen LogP contribution < -0.4 is 11.1 Å². The van der Waals surface area contributed by atoms with Crippen LogP contribution in [0.15, 0.2) is 5.38 Å². The van der Waals surface area contributed by atoms with E-state index < -0.39 is 6.10 Å². The van der Waals surface area contributed by atoms with Gasteiger partial charge in [0, 0.05) is 11.9 Å². The molecule has 0 bridgehead atoms. The molecular formula is C9H15N3O2S. The minimum atomic E-state index is -0.555. The minimum Gasteiger partial charge on any atom is -0.392 e. The summed E-state index contributed by atoms with van der Waals surface area (Å²) in [5.41, 5.74) is 5.98. The third-order valence-corrected chi connectivity index (χ3v) is 2.75. The highest BCUT2D eigenvalue weighted by atomic mass is 32.1. The number of nitrogens with two attached hydrogens (primary N) is 1. The maximum absolute atomic E-state index is 11.5. The van der Waals surface area contributed by atoms with Crippen molar-refractivity contribution in [1.29, 1.82) is 0 Å². The molecule has 5 nitrogen and oxygen atoms in total. The van der Waals surface area contributed by atoms with E-state index in [0.717, 1.165) is 5.01 Å². The molecule has 0 radical (unpaired) electrons. The summed E-state index contributed by atoms with van der Waals surface area (Å²) in [4.78, 5) is 15.6. The zero-order valence-corrected chi connectivity index (χ0v) is 9.54. The third kappa shape index (κ3) is 3.58. The molecule has 0 saturated heterocycles. The largest absolute Gasteiger partial charge is 0.392 e. The fourth-order valence-electron chi connectivity index (χ4n) is 0.932. The van der Waals surface area contributed by atoms with E-state index in [9.17, 15) is 4.79 Å². The number of rotatable bonds is 4. The molecule has 0 aliphatic rings.